The fraction of sp³-hybridized carbons (Fsp3) is 0.316. The van der Waals surface area contributed by atoms with Gasteiger partial charge in [0.05, 0.1) is 4.90 Å². The Bertz CT molecular complexity index is 847. The van der Waals surface area contributed by atoms with E-state index in [9.17, 15) is 13.2 Å². The van der Waals surface area contributed by atoms with E-state index in [0.29, 0.717) is 0 Å². The SMILES string of the molecule is CCc1ccccc1N(CCNS(=O)(=O)c1cccc(C)c1)C(C)=O. The minimum Gasteiger partial charge on any atom is -0.311 e. The first kappa shape index (κ1) is 19.1. The molecule has 0 aromatic heterocycles. The number of para-hydroxylation sites is 1. The Balaban J connectivity index is 2.11. The summed E-state index contributed by atoms with van der Waals surface area (Å²) in [5.74, 6) is -0.115. The minimum atomic E-state index is -3.59. The molecule has 2 rings (SSSR count). The zero-order valence-electron chi connectivity index (χ0n) is 14.8. The van der Waals surface area contributed by atoms with Crippen molar-refractivity contribution in [2.45, 2.75) is 32.1 Å². The molecule has 0 saturated carbocycles. The molecular weight excluding hydrogens is 336 g/mol. The fourth-order valence-electron chi connectivity index (χ4n) is 2.68. The second-order valence-corrected chi connectivity index (χ2v) is 7.63. The lowest BCUT2D eigenvalue weighted by Gasteiger charge is -2.24. The molecule has 0 heterocycles. The van der Waals surface area contributed by atoms with Gasteiger partial charge in [-0.25, -0.2) is 13.1 Å². The summed E-state index contributed by atoms with van der Waals surface area (Å²) >= 11 is 0. The minimum absolute atomic E-state index is 0.115. The van der Waals surface area contributed by atoms with Gasteiger partial charge in [0.25, 0.3) is 0 Å². The van der Waals surface area contributed by atoms with Crippen LogP contribution in [0.2, 0.25) is 0 Å². The molecule has 0 aliphatic rings. The normalized spacial score (nSPS) is 11.3. The molecule has 0 fully saturated rings. The van der Waals surface area contributed by atoms with Crippen LogP contribution in [0.15, 0.2) is 53.4 Å². The highest BCUT2D eigenvalue weighted by atomic mass is 32.2. The van der Waals surface area contributed by atoms with Crippen molar-refractivity contribution in [1.82, 2.24) is 4.72 Å². The molecule has 0 saturated heterocycles. The topological polar surface area (TPSA) is 66.5 Å². The number of carbonyl (C=O) groups is 1. The van der Waals surface area contributed by atoms with Crippen LogP contribution in [0.1, 0.15) is 25.0 Å². The van der Waals surface area contributed by atoms with E-state index in [-0.39, 0.29) is 23.9 Å². The lowest BCUT2D eigenvalue weighted by Crippen LogP contribution is -2.38. The summed E-state index contributed by atoms with van der Waals surface area (Å²) in [6, 6.07) is 14.4. The summed E-state index contributed by atoms with van der Waals surface area (Å²) in [4.78, 5) is 13.9. The lowest BCUT2D eigenvalue weighted by molar-refractivity contribution is -0.116. The summed E-state index contributed by atoms with van der Waals surface area (Å²) in [7, 11) is -3.59. The van der Waals surface area contributed by atoms with E-state index >= 15 is 0 Å². The molecule has 0 aliphatic carbocycles. The maximum Gasteiger partial charge on any atom is 0.240 e. The van der Waals surface area contributed by atoms with Gasteiger partial charge in [-0.1, -0.05) is 37.3 Å². The number of aryl methyl sites for hydroxylation is 2. The van der Waals surface area contributed by atoms with Crippen LogP contribution in [-0.2, 0) is 21.2 Å². The molecule has 5 nitrogen and oxygen atoms in total. The second kappa shape index (κ2) is 8.27. The van der Waals surface area contributed by atoms with Crippen molar-refractivity contribution in [3.8, 4) is 0 Å². The van der Waals surface area contributed by atoms with Crippen LogP contribution in [0.4, 0.5) is 5.69 Å². The number of sulfonamides is 1. The van der Waals surface area contributed by atoms with Crippen LogP contribution in [0.5, 0.6) is 0 Å². The van der Waals surface area contributed by atoms with E-state index in [2.05, 4.69) is 4.72 Å². The van der Waals surface area contributed by atoms with Crippen LogP contribution in [0.25, 0.3) is 0 Å². The van der Waals surface area contributed by atoms with Crippen LogP contribution < -0.4 is 9.62 Å². The maximum absolute atomic E-state index is 12.4. The van der Waals surface area contributed by atoms with Gasteiger partial charge in [0.2, 0.25) is 15.9 Å². The highest BCUT2D eigenvalue weighted by molar-refractivity contribution is 7.89. The first-order chi connectivity index (χ1) is 11.8. The first-order valence-corrected chi connectivity index (χ1v) is 9.76. The molecule has 2 aromatic rings. The number of nitrogens with zero attached hydrogens (tertiary/aromatic N) is 1. The van der Waals surface area contributed by atoms with E-state index in [0.717, 1.165) is 23.2 Å². The highest BCUT2D eigenvalue weighted by Crippen LogP contribution is 2.21. The van der Waals surface area contributed by atoms with Gasteiger partial charge in [-0.05, 0) is 42.7 Å². The maximum atomic E-state index is 12.4. The van der Waals surface area contributed by atoms with Crippen molar-refractivity contribution < 1.29 is 13.2 Å². The van der Waals surface area contributed by atoms with E-state index in [1.54, 1.807) is 23.1 Å². The van der Waals surface area contributed by atoms with Gasteiger partial charge in [0, 0.05) is 25.7 Å². The molecule has 134 valence electrons. The average Bonchev–Trinajstić information content (AvgIpc) is 2.58. The molecule has 0 aliphatic heterocycles. The number of hydrogen-bond acceptors (Lipinski definition) is 3. The average molecular weight is 360 g/mol. The van der Waals surface area contributed by atoms with Crippen LogP contribution in [0.3, 0.4) is 0 Å². The molecule has 1 N–H and O–H groups in total. The van der Waals surface area contributed by atoms with Crippen molar-refractivity contribution in [3.63, 3.8) is 0 Å². The molecule has 2 aromatic carbocycles. The van der Waals surface area contributed by atoms with Crippen molar-refractivity contribution in [1.29, 1.82) is 0 Å². The smallest absolute Gasteiger partial charge is 0.240 e. The van der Waals surface area contributed by atoms with Gasteiger partial charge in [-0.2, -0.15) is 0 Å². The van der Waals surface area contributed by atoms with Crippen molar-refractivity contribution >= 4 is 21.6 Å². The summed E-state index contributed by atoms with van der Waals surface area (Å²) in [5.41, 5.74) is 2.76. The molecule has 6 heteroatoms. The third kappa shape index (κ3) is 4.90. The molecule has 1 amide bonds. The molecule has 0 unspecified atom stereocenters. The summed E-state index contributed by atoms with van der Waals surface area (Å²) in [5, 5.41) is 0. The van der Waals surface area contributed by atoms with E-state index < -0.39 is 10.0 Å². The number of hydrogen-bond donors (Lipinski definition) is 1. The van der Waals surface area contributed by atoms with Gasteiger partial charge in [-0.15, -0.1) is 0 Å². The van der Waals surface area contributed by atoms with E-state index in [1.807, 2.05) is 44.2 Å². The summed E-state index contributed by atoms with van der Waals surface area (Å²) in [6.45, 7) is 5.78. The van der Waals surface area contributed by atoms with Crippen LogP contribution >= 0.6 is 0 Å². The van der Waals surface area contributed by atoms with Crippen molar-refractivity contribution in [3.05, 3.63) is 59.7 Å². The lowest BCUT2D eigenvalue weighted by atomic mass is 10.1. The zero-order valence-corrected chi connectivity index (χ0v) is 15.6. The Morgan fingerprint density at radius 3 is 2.48 bits per heavy atom. The second-order valence-electron chi connectivity index (χ2n) is 5.87. The predicted molar refractivity (Wildman–Crippen MR) is 100 cm³/mol. The standard InChI is InChI=1S/C19H24N2O3S/c1-4-17-9-5-6-11-19(17)21(16(3)22)13-12-20-25(23,24)18-10-7-8-15(2)14-18/h5-11,14,20H,4,12-13H2,1-3H3. The van der Waals surface area contributed by atoms with Crippen molar-refractivity contribution in [2.75, 3.05) is 18.0 Å². The Morgan fingerprint density at radius 2 is 1.84 bits per heavy atom. The highest BCUT2D eigenvalue weighted by Gasteiger charge is 2.17. The molecule has 0 bridgehead atoms. The van der Waals surface area contributed by atoms with Crippen LogP contribution in [0, 0.1) is 6.92 Å². The zero-order chi connectivity index (χ0) is 18.4. The summed E-state index contributed by atoms with van der Waals surface area (Å²) in [6.07, 6.45) is 0.801. The molecule has 0 atom stereocenters. The number of carbonyl (C=O) groups excluding carboxylic acids is 1. The Kier molecular flexibility index (Phi) is 6.33. The van der Waals surface area contributed by atoms with E-state index in [4.69, 9.17) is 0 Å². The number of anilines is 1. The number of nitrogens with one attached hydrogen (secondary N) is 1. The monoisotopic (exact) mass is 360 g/mol. The fourth-order valence-corrected chi connectivity index (χ4v) is 3.80. The Morgan fingerprint density at radius 1 is 1.12 bits per heavy atom. The number of benzene rings is 2. The molecule has 0 spiro atoms. The van der Waals surface area contributed by atoms with Gasteiger partial charge >= 0.3 is 0 Å². The summed E-state index contributed by atoms with van der Waals surface area (Å²) < 4.78 is 27.3. The molecule has 25 heavy (non-hydrogen) atoms. The molecular formula is C19H24N2O3S. The third-order valence-corrected chi connectivity index (χ3v) is 5.43. The third-order valence-electron chi connectivity index (χ3n) is 3.97. The predicted octanol–water partition coefficient (Wildman–Crippen LogP) is 2.89. The Hall–Kier alpha value is -2.18. The number of rotatable bonds is 7. The number of amides is 1. The van der Waals surface area contributed by atoms with Crippen LogP contribution in [-0.4, -0.2) is 27.4 Å². The van der Waals surface area contributed by atoms with Gasteiger partial charge in [-0.3, -0.25) is 4.79 Å². The van der Waals surface area contributed by atoms with E-state index in [1.165, 1.54) is 6.92 Å². The first-order valence-electron chi connectivity index (χ1n) is 8.27. The molecule has 0 radical (unpaired) electrons. The Labute approximate surface area is 149 Å². The van der Waals surface area contributed by atoms with Gasteiger partial charge < -0.3 is 4.90 Å². The van der Waals surface area contributed by atoms with Gasteiger partial charge in [0.1, 0.15) is 0 Å². The largest absolute Gasteiger partial charge is 0.311 e. The van der Waals surface area contributed by atoms with Gasteiger partial charge in [0.15, 0.2) is 0 Å². The van der Waals surface area contributed by atoms with Crippen molar-refractivity contribution in [2.24, 2.45) is 0 Å². The quantitative estimate of drug-likeness (QED) is 0.826.